The second-order valence-electron chi connectivity index (χ2n) is 5.11. The van der Waals surface area contributed by atoms with Gasteiger partial charge >= 0.3 is 0 Å². The van der Waals surface area contributed by atoms with E-state index >= 15 is 0 Å². The van der Waals surface area contributed by atoms with Crippen LogP contribution < -0.4 is 5.73 Å². The molecule has 1 aromatic rings. The summed E-state index contributed by atoms with van der Waals surface area (Å²) in [5.74, 6) is 0.0454. The lowest BCUT2D eigenvalue weighted by Crippen LogP contribution is -2.40. The molecule has 1 saturated heterocycles. The molecule has 0 aliphatic carbocycles. The fourth-order valence-electron chi connectivity index (χ4n) is 2.55. The van der Waals surface area contributed by atoms with E-state index in [4.69, 9.17) is 5.73 Å². The predicted octanol–water partition coefficient (Wildman–Crippen LogP) is 0.568. The van der Waals surface area contributed by atoms with Crippen molar-refractivity contribution in [2.75, 3.05) is 18.9 Å². The third-order valence-electron chi connectivity index (χ3n) is 3.81. The molecule has 1 heterocycles. The maximum Gasteiger partial charge on any atom is 0.271 e. The molecule has 1 aromatic carbocycles. The smallest absolute Gasteiger partial charge is 0.271 e. The summed E-state index contributed by atoms with van der Waals surface area (Å²) >= 11 is 0. The van der Waals surface area contributed by atoms with Crippen LogP contribution in [0.15, 0.2) is 23.1 Å². The van der Waals surface area contributed by atoms with Crippen LogP contribution in [0.1, 0.15) is 13.3 Å². The van der Waals surface area contributed by atoms with Crippen molar-refractivity contribution in [3.8, 4) is 0 Å². The standard InChI is InChI=1S/C12H17N3O5S/c1-8-4-5-14(11(8)7-16)21(19,20)12-3-2-9(15(17)18)6-10(12)13/h2-3,6,8,11,16H,4-5,7,13H2,1H3. The van der Waals surface area contributed by atoms with Gasteiger partial charge in [-0.05, 0) is 18.4 Å². The van der Waals surface area contributed by atoms with Gasteiger partial charge in [0.25, 0.3) is 5.69 Å². The minimum Gasteiger partial charge on any atom is -0.397 e. The maximum atomic E-state index is 12.6. The average molecular weight is 315 g/mol. The second kappa shape index (κ2) is 5.58. The number of nitrogen functional groups attached to an aromatic ring is 1. The molecule has 0 radical (unpaired) electrons. The van der Waals surface area contributed by atoms with Crippen molar-refractivity contribution in [1.82, 2.24) is 4.31 Å². The summed E-state index contributed by atoms with van der Waals surface area (Å²) in [5.41, 5.74) is 5.23. The molecule has 116 valence electrons. The van der Waals surface area contributed by atoms with Gasteiger partial charge in [-0.25, -0.2) is 8.42 Å². The number of anilines is 1. The first-order chi connectivity index (χ1) is 9.78. The summed E-state index contributed by atoms with van der Waals surface area (Å²) in [6, 6.07) is 2.78. The lowest BCUT2D eigenvalue weighted by molar-refractivity contribution is -0.384. The highest BCUT2D eigenvalue weighted by Gasteiger charge is 2.40. The molecule has 0 spiro atoms. The maximum absolute atomic E-state index is 12.6. The minimum absolute atomic E-state index is 0.0454. The number of hydrogen-bond donors (Lipinski definition) is 2. The number of rotatable bonds is 4. The Labute approximate surface area is 122 Å². The lowest BCUT2D eigenvalue weighted by atomic mass is 10.0. The van der Waals surface area contributed by atoms with Crippen LogP contribution in [-0.4, -0.2) is 41.9 Å². The van der Waals surface area contributed by atoms with Crippen molar-refractivity contribution in [1.29, 1.82) is 0 Å². The number of sulfonamides is 1. The van der Waals surface area contributed by atoms with E-state index in [1.54, 1.807) is 0 Å². The summed E-state index contributed by atoms with van der Waals surface area (Å²) in [4.78, 5) is 9.87. The summed E-state index contributed by atoms with van der Waals surface area (Å²) in [5, 5.41) is 20.0. The van der Waals surface area contributed by atoms with Crippen molar-refractivity contribution < 1.29 is 18.4 Å². The Morgan fingerprint density at radius 2 is 2.19 bits per heavy atom. The van der Waals surface area contributed by atoms with Gasteiger partial charge < -0.3 is 10.8 Å². The van der Waals surface area contributed by atoms with Crippen LogP contribution in [-0.2, 0) is 10.0 Å². The molecule has 1 aliphatic heterocycles. The van der Waals surface area contributed by atoms with E-state index in [1.807, 2.05) is 6.92 Å². The zero-order valence-electron chi connectivity index (χ0n) is 11.5. The lowest BCUT2D eigenvalue weighted by Gasteiger charge is -2.25. The highest BCUT2D eigenvalue weighted by atomic mass is 32.2. The molecular weight excluding hydrogens is 298 g/mol. The first-order valence-corrected chi connectivity index (χ1v) is 7.89. The van der Waals surface area contributed by atoms with Crippen LogP contribution in [0.3, 0.4) is 0 Å². The third kappa shape index (κ3) is 2.71. The van der Waals surface area contributed by atoms with Gasteiger partial charge in [-0.1, -0.05) is 6.92 Å². The van der Waals surface area contributed by atoms with Crippen LogP contribution >= 0.6 is 0 Å². The fourth-order valence-corrected chi connectivity index (χ4v) is 4.38. The Morgan fingerprint density at radius 3 is 2.71 bits per heavy atom. The Kier molecular flexibility index (Phi) is 4.17. The molecule has 2 unspecified atom stereocenters. The van der Waals surface area contributed by atoms with Crippen LogP contribution in [0.5, 0.6) is 0 Å². The second-order valence-corrected chi connectivity index (χ2v) is 6.97. The van der Waals surface area contributed by atoms with E-state index in [0.29, 0.717) is 13.0 Å². The Hall–Kier alpha value is -1.71. The Balaban J connectivity index is 2.43. The Morgan fingerprint density at radius 1 is 1.52 bits per heavy atom. The van der Waals surface area contributed by atoms with E-state index in [9.17, 15) is 23.6 Å². The fraction of sp³-hybridized carbons (Fsp3) is 0.500. The van der Waals surface area contributed by atoms with Gasteiger partial charge in [-0.2, -0.15) is 4.31 Å². The van der Waals surface area contributed by atoms with E-state index in [-0.39, 0.29) is 28.8 Å². The van der Waals surface area contributed by atoms with Crippen molar-refractivity contribution in [3.05, 3.63) is 28.3 Å². The largest absolute Gasteiger partial charge is 0.397 e. The summed E-state index contributed by atoms with van der Waals surface area (Å²) in [7, 11) is -3.88. The van der Waals surface area contributed by atoms with Crippen molar-refractivity contribution in [2.45, 2.75) is 24.3 Å². The van der Waals surface area contributed by atoms with Crippen LogP contribution in [0.2, 0.25) is 0 Å². The van der Waals surface area contributed by atoms with Gasteiger partial charge in [0.2, 0.25) is 10.0 Å². The molecule has 0 saturated carbocycles. The number of hydrogen-bond acceptors (Lipinski definition) is 6. The summed E-state index contributed by atoms with van der Waals surface area (Å²) in [6.07, 6.45) is 0.650. The van der Waals surface area contributed by atoms with Gasteiger partial charge in [0.05, 0.1) is 23.3 Å². The van der Waals surface area contributed by atoms with Gasteiger partial charge in [-0.15, -0.1) is 0 Å². The normalized spacial score (nSPS) is 23.3. The molecule has 0 bridgehead atoms. The van der Waals surface area contributed by atoms with Gasteiger partial charge in [0.15, 0.2) is 0 Å². The van der Waals surface area contributed by atoms with E-state index < -0.39 is 21.0 Å². The monoisotopic (exact) mass is 315 g/mol. The van der Waals surface area contributed by atoms with Crippen LogP contribution in [0.25, 0.3) is 0 Å². The highest BCUT2D eigenvalue weighted by molar-refractivity contribution is 7.89. The number of nitrogens with zero attached hydrogens (tertiary/aromatic N) is 2. The van der Waals surface area contributed by atoms with E-state index in [1.165, 1.54) is 4.31 Å². The number of nitrogens with two attached hydrogens (primary N) is 1. The molecule has 0 aromatic heterocycles. The summed E-state index contributed by atoms with van der Waals surface area (Å²) < 4.78 is 26.4. The average Bonchev–Trinajstić information content (AvgIpc) is 2.79. The summed E-state index contributed by atoms with van der Waals surface area (Å²) in [6.45, 7) is 1.90. The van der Waals surface area contributed by atoms with Gasteiger partial charge in [0.1, 0.15) is 4.90 Å². The molecule has 2 rings (SSSR count). The SMILES string of the molecule is CC1CCN(S(=O)(=O)c2ccc([N+](=O)[O-])cc2N)C1CO. The number of nitro groups is 1. The first-order valence-electron chi connectivity index (χ1n) is 6.45. The molecule has 2 atom stereocenters. The van der Waals surface area contributed by atoms with Crippen molar-refractivity contribution >= 4 is 21.4 Å². The Bertz CT molecular complexity index is 661. The first kappa shape index (κ1) is 15.7. The molecule has 21 heavy (non-hydrogen) atoms. The molecule has 3 N–H and O–H groups in total. The van der Waals surface area contributed by atoms with E-state index in [0.717, 1.165) is 18.2 Å². The molecule has 1 aliphatic rings. The minimum atomic E-state index is -3.88. The van der Waals surface area contributed by atoms with E-state index in [2.05, 4.69) is 0 Å². The topological polar surface area (TPSA) is 127 Å². The molecule has 9 heteroatoms. The number of aliphatic hydroxyl groups is 1. The van der Waals surface area contributed by atoms with Gasteiger partial charge in [0, 0.05) is 18.7 Å². The number of benzene rings is 1. The highest BCUT2D eigenvalue weighted by Crippen LogP contribution is 2.33. The molecule has 8 nitrogen and oxygen atoms in total. The number of non-ortho nitro benzene ring substituents is 1. The molecule has 0 amide bonds. The predicted molar refractivity (Wildman–Crippen MR) is 76.1 cm³/mol. The number of nitro benzene ring substituents is 1. The van der Waals surface area contributed by atoms with Gasteiger partial charge in [-0.3, -0.25) is 10.1 Å². The quantitative estimate of drug-likeness (QED) is 0.475. The van der Waals surface area contributed by atoms with Crippen LogP contribution in [0.4, 0.5) is 11.4 Å². The molecule has 1 fully saturated rings. The third-order valence-corrected chi connectivity index (χ3v) is 5.81. The number of aliphatic hydroxyl groups excluding tert-OH is 1. The zero-order valence-corrected chi connectivity index (χ0v) is 12.3. The van der Waals surface area contributed by atoms with Crippen LogP contribution in [0, 0.1) is 16.0 Å². The van der Waals surface area contributed by atoms with Crippen molar-refractivity contribution in [3.63, 3.8) is 0 Å². The van der Waals surface area contributed by atoms with Crippen molar-refractivity contribution in [2.24, 2.45) is 5.92 Å². The zero-order chi connectivity index (χ0) is 15.8. The molecular formula is C12H17N3O5S.